The average Bonchev–Trinajstić information content (AvgIpc) is 3.22. The van der Waals surface area contributed by atoms with Crippen LogP contribution in [0.25, 0.3) is 0 Å². The molecular weight excluding hydrogens is 783 g/mol. The van der Waals surface area contributed by atoms with Crippen LogP contribution >= 0.6 is 7.82 Å². The van der Waals surface area contributed by atoms with E-state index < -0.39 is 58.4 Å². The number of ketones is 1. The summed E-state index contributed by atoms with van der Waals surface area (Å²) in [5.74, 6) is -0.480. The number of ether oxygens (including phenoxy) is 2. The van der Waals surface area contributed by atoms with E-state index >= 15 is 0 Å². The van der Waals surface area contributed by atoms with Gasteiger partial charge in [-0.3, -0.25) is 23.4 Å². The van der Waals surface area contributed by atoms with E-state index in [0.29, 0.717) is 6.42 Å². The Kier molecular flexibility index (Phi) is 40.3. The summed E-state index contributed by atoms with van der Waals surface area (Å²) in [4.78, 5) is 47.3. The molecule has 12 heteroatoms. The molecule has 0 heterocycles. The van der Waals surface area contributed by atoms with Gasteiger partial charge in [-0.05, 0) is 50.5 Å². The second kappa shape index (κ2) is 41.9. The lowest BCUT2D eigenvalue weighted by Crippen LogP contribution is -2.29. The third kappa shape index (κ3) is 42.3. The van der Waals surface area contributed by atoms with E-state index in [4.69, 9.17) is 19.1 Å². The fourth-order valence-electron chi connectivity index (χ4n) is 6.25. The number of allylic oxidation sites excluding steroid dienone is 8. The molecule has 0 amide bonds. The van der Waals surface area contributed by atoms with Crippen molar-refractivity contribution in [3.8, 4) is 0 Å². The molecule has 0 fully saturated rings. The molecule has 0 saturated carbocycles. The molecule has 0 spiro atoms. The number of hydrogen-bond donors (Lipinski definition) is 3. The fraction of sp³-hybridized carbons (Fsp3) is 0.771. The van der Waals surface area contributed by atoms with Crippen molar-refractivity contribution < 1.29 is 52.6 Å². The van der Waals surface area contributed by atoms with Gasteiger partial charge in [-0.2, -0.15) is 0 Å². The van der Waals surface area contributed by atoms with E-state index in [1.165, 1.54) is 109 Å². The lowest BCUT2D eigenvalue weighted by Gasteiger charge is -2.20. The molecule has 0 aromatic rings. The van der Waals surface area contributed by atoms with Gasteiger partial charge in [0.2, 0.25) is 0 Å². The first kappa shape index (κ1) is 57.6. The van der Waals surface area contributed by atoms with E-state index in [9.17, 15) is 28.9 Å². The van der Waals surface area contributed by atoms with Crippen molar-refractivity contribution in [3.63, 3.8) is 0 Å². The van der Waals surface area contributed by atoms with Crippen LogP contribution in [0.2, 0.25) is 0 Å². The monoisotopic (exact) mass is 869 g/mol. The summed E-state index contributed by atoms with van der Waals surface area (Å²) < 4.78 is 32.6. The van der Waals surface area contributed by atoms with Gasteiger partial charge in [0.15, 0.2) is 11.9 Å². The molecule has 0 bridgehead atoms. The molecule has 3 atom stereocenters. The van der Waals surface area contributed by atoms with Crippen molar-refractivity contribution in [2.24, 2.45) is 5.92 Å². The van der Waals surface area contributed by atoms with Gasteiger partial charge in [-0.1, -0.05) is 179 Å². The summed E-state index contributed by atoms with van der Waals surface area (Å²) in [6.45, 7) is 4.43. The first-order valence-electron chi connectivity index (χ1n) is 23.4. The highest BCUT2D eigenvalue weighted by atomic mass is 31.2. The van der Waals surface area contributed by atoms with E-state index in [1.807, 2.05) is 12.2 Å². The van der Waals surface area contributed by atoms with Crippen LogP contribution in [0.3, 0.4) is 0 Å². The standard InChI is InChI=1S/C48H85O11P/c1-4-5-6-7-8-9-10-15-19-22-25-28-31-35-44(50)36-33-38-47(52)56-41-46(42-58-60(54,55)57-40-45(51)39-49)59-48(53)37-32-29-26-23-20-17-14-12-11-13-16-18-21-24-27-30-34-43(2)3/h8-9,15,19,25,28,31,35,43,45-46,49,51H,4-7,10-14,16-18,20-24,26-27,29-30,32-34,36-42H2,1-3H3,(H,54,55)/b9-8-,19-15-,28-25-,35-31+/t45-,46+/m0/s1. The molecular formula is C48H85O11P. The Morgan fingerprint density at radius 2 is 1.13 bits per heavy atom. The molecule has 0 rings (SSSR count). The smallest absolute Gasteiger partial charge is 0.462 e. The van der Waals surface area contributed by atoms with Gasteiger partial charge in [0, 0.05) is 19.3 Å². The molecule has 348 valence electrons. The minimum absolute atomic E-state index is 0.0473. The fourth-order valence-corrected chi connectivity index (χ4v) is 7.04. The van der Waals surface area contributed by atoms with Gasteiger partial charge < -0.3 is 24.6 Å². The van der Waals surface area contributed by atoms with Crippen molar-refractivity contribution in [2.75, 3.05) is 26.4 Å². The zero-order valence-corrected chi connectivity index (χ0v) is 38.7. The number of hydrogen-bond acceptors (Lipinski definition) is 10. The molecule has 1 unspecified atom stereocenters. The topological polar surface area (TPSA) is 166 Å². The van der Waals surface area contributed by atoms with Crippen molar-refractivity contribution in [1.82, 2.24) is 0 Å². The summed E-state index contributed by atoms with van der Waals surface area (Å²) in [6, 6.07) is 0. The van der Waals surface area contributed by atoms with Gasteiger partial charge >= 0.3 is 19.8 Å². The Morgan fingerprint density at radius 3 is 1.72 bits per heavy atom. The molecule has 3 N–H and O–H groups in total. The quantitative estimate of drug-likeness (QED) is 0.0133. The van der Waals surface area contributed by atoms with Crippen LogP contribution in [0.5, 0.6) is 0 Å². The number of phosphoric acid groups is 1. The van der Waals surface area contributed by atoms with Gasteiger partial charge in [0.25, 0.3) is 0 Å². The van der Waals surface area contributed by atoms with Gasteiger partial charge in [0.1, 0.15) is 12.7 Å². The number of aliphatic hydroxyl groups is 2. The maximum atomic E-state index is 12.6. The van der Waals surface area contributed by atoms with E-state index in [2.05, 4.69) is 49.6 Å². The molecule has 0 aliphatic rings. The molecule has 0 aliphatic carbocycles. The normalized spacial score (nSPS) is 14.2. The maximum Gasteiger partial charge on any atom is 0.472 e. The van der Waals surface area contributed by atoms with Crippen LogP contribution < -0.4 is 0 Å². The molecule has 60 heavy (non-hydrogen) atoms. The van der Waals surface area contributed by atoms with E-state index in [0.717, 1.165) is 44.4 Å². The first-order chi connectivity index (χ1) is 29.0. The number of carbonyl (C=O) groups is 3. The summed E-state index contributed by atoms with van der Waals surface area (Å²) in [7, 11) is -4.68. The average molecular weight is 869 g/mol. The minimum atomic E-state index is -4.68. The van der Waals surface area contributed by atoms with Crippen LogP contribution in [-0.2, 0) is 37.5 Å². The molecule has 0 aromatic carbocycles. The van der Waals surface area contributed by atoms with Crippen LogP contribution in [0.1, 0.15) is 194 Å². The Bertz CT molecular complexity index is 1210. The summed E-state index contributed by atoms with van der Waals surface area (Å²) in [5.41, 5.74) is 0. The van der Waals surface area contributed by atoms with Crippen LogP contribution in [0.4, 0.5) is 0 Å². The maximum absolute atomic E-state index is 12.6. The highest BCUT2D eigenvalue weighted by Gasteiger charge is 2.27. The molecule has 0 aliphatic heterocycles. The Hall–Kier alpha value is -2.40. The molecule has 0 radical (unpaired) electrons. The lowest BCUT2D eigenvalue weighted by molar-refractivity contribution is -0.161. The SMILES string of the molecule is CCCCC/C=C\C/C=C\C/C=C\C=C\C(=O)CCCC(=O)OC[C@H](COP(=O)(O)OC[C@@H](O)CO)OC(=O)CCCCCCCCCCCCCCCCCCC(C)C. The van der Waals surface area contributed by atoms with Crippen molar-refractivity contribution in [2.45, 2.75) is 206 Å². The zero-order valence-electron chi connectivity index (χ0n) is 37.8. The molecule has 11 nitrogen and oxygen atoms in total. The van der Waals surface area contributed by atoms with E-state index in [1.54, 1.807) is 6.08 Å². The Labute approximate surface area is 364 Å². The lowest BCUT2D eigenvalue weighted by atomic mass is 10.0. The van der Waals surface area contributed by atoms with Crippen molar-refractivity contribution in [3.05, 3.63) is 48.6 Å². The highest BCUT2D eigenvalue weighted by molar-refractivity contribution is 7.47. The molecule has 0 saturated heterocycles. The number of carbonyl (C=O) groups excluding carboxylic acids is 3. The highest BCUT2D eigenvalue weighted by Crippen LogP contribution is 2.43. The zero-order chi connectivity index (χ0) is 44.4. The predicted molar refractivity (Wildman–Crippen MR) is 242 cm³/mol. The van der Waals surface area contributed by atoms with Crippen molar-refractivity contribution >= 4 is 25.5 Å². The second-order valence-corrected chi connectivity index (χ2v) is 17.8. The van der Waals surface area contributed by atoms with E-state index in [-0.39, 0.29) is 31.5 Å². The largest absolute Gasteiger partial charge is 0.472 e. The van der Waals surface area contributed by atoms with Crippen LogP contribution in [0, 0.1) is 5.92 Å². The number of aliphatic hydroxyl groups excluding tert-OH is 2. The minimum Gasteiger partial charge on any atom is -0.462 e. The summed E-state index contributed by atoms with van der Waals surface area (Å²) >= 11 is 0. The Balaban J connectivity index is 4.40. The van der Waals surface area contributed by atoms with Gasteiger partial charge in [-0.15, -0.1) is 0 Å². The first-order valence-corrected chi connectivity index (χ1v) is 24.9. The molecule has 0 aromatic heterocycles. The van der Waals surface area contributed by atoms with Gasteiger partial charge in [-0.25, -0.2) is 4.57 Å². The number of phosphoric ester groups is 1. The van der Waals surface area contributed by atoms with Crippen LogP contribution in [0.15, 0.2) is 48.6 Å². The third-order valence-electron chi connectivity index (χ3n) is 9.89. The Morgan fingerprint density at radius 1 is 0.600 bits per heavy atom. The van der Waals surface area contributed by atoms with Crippen molar-refractivity contribution in [1.29, 1.82) is 0 Å². The number of unbranched alkanes of at least 4 members (excludes halogenated alkanes) is 18. The number of esters is 2. The summed E-state index contributed by atoms with van der Waals surface area (Å²) in [5, 5.41) is 18.4. The second-order valence-electron chi connectivity index (χ2n) is 16.3. The third-order valence-corrected chi connectivity index (χ3v) is 10.8. The summed E-state index contributed by atoms with van der Waals surface area (Å²) in [6.07, 6.45) is 40.8. The van der Waals surface area contributed by atoms with Gasteiger partial charge in [0.05, 0.1) is 19.8 Å². The van der Waals surface area contributed by atoms with Crippen LogP contribution in [-0.4, -0.2) is 71.5 Å². The predicted octanol–water partition coefficient (Wildman–Crippen LogP) is 11.9. The number of rotatable bonds is 43.